The van der Waals surface area contributed by atoms with Gasteiger partial charge in [-0.05, 0) is 57.0 Å². The van der Waals surface area contributed by atoms with Gasteiger partial charge >= 0.3 is 0 Å². The number of hydrogen-bond acceptors (Lipinski definition) is 5. The molecule has 5 nitrogen and oxygen atoms in total. The molecule has 0 radical (unpaired) electrons. The molecule has 2 N–H and O–H groups in total. The third kappa shape index (κ3) is 4.06. The maximum absolute atomic E-state index is 12.5. The van der Waals surface area contributed by atoms with Gasteiger partial charge < -0.3 is 10.1 Å². The fourth-order valence-corrected chi connectivity index (χ4v) is 3.90. The van der Waals surface area contributed by atoms with E-state index >= 15 is 0 Å². The summed E-state index contributed by atoms with van der Waals surface area (Å²) in [5.74, 6) is 0.780. The van der Waals surface area contributed by atoms with Crippen molar-refractivity contribution in [3.05, 3.63) is 39.9 Å². The van der Waals surface area contributed by atoms with Crippen LogP contribution in [0.25, 0.3) is 0 Å². The number of benzene rings is 1. The highest BCUT2D eigenvalue weighted by Gasteiger charge is 2.19. The van der Waals surface area contributed by atoms with Crippen molar-refractivity contribution in [2.75, 3.05) is 25.0 Å². The van der Waals surface area contributed by atoms with Gasteiger partial charge in [0.05, 0.1) is 12.2 Å². The summed E-state index contributed by atoms with van der Waals surface area (Å²) in [6, 6.07) is 5.01. The van der Waals surface area contributed by atoms with E-state index in [1.165, 1.54) is 4.88 Å². The standard InChI is InChI=1S/C17H20ClN3O2S/c1-2-23-14-9-12(18)3-4-13(14)16(22)21-17-20-10-15(24-17)11-5-7-19-8-6-11/h3-4,9-11,19H,2,5-8H2,1H3,(H,20,21,22). The van der Waals surface area contributed by atoms with Crippen molar-refractivity contribution in [2.24, 2.45) is 0 Å². The molecule has 128 valence electrons. The molecule has 1 aromatic heterocycles. The molecule has 3 rings (SSSR count). The molecule has 0 unspecified atom stereocenters. The van der Waals surface area contributed by atoms with Gasteiger partial charge in [0.2, 0.25) is 0 Å². The lowest BCUT2D eigenvalue weighted by atomic mass is 9.97. The second-order valence-electron chi connectivity index (χ2n) is 5.62. The monoisotopic (exact) mass is 365 g/mol. The predicted octanol–water partition coefficient (Wildman–Crippen LogP) is 3.91. The number of hydrogen-bond donors (Lipinski definition) is 2. The van der Waals surface area contributed by atoms with Gasteiger partial charge in [0, 0.05) is 16.1 Å². The van der Waals surface area contributed by atoms with Crippen LogP contribution in [0.15, 0.2) is 24.4 Å². The molecular weight excluding hydrogens is 346 g/mol. The number of rotatable bonds is 5. The number of carbonyl (C=O) groups excluding carboxylic acids is 1. The maximum Gasteiger partial charge on any atom is 0.261 e. The van der Waals surface area contributed by atoms with Crippen LogP contribution in [0.1, 0.15) is 40.9 Å². The Labute approximate surface area is 150 Å². The van der Waals surface area contributed by atoms with Crippen LogP contribution in [0.3, 0.4) is 0 Å². The Balaban J connectivity index is 1.72. The van der Waals surface area contributed by atoms with Gasteiger partial charge in [-0.2, -0.15) is 0 Å². The summed E-state index contributed by atoms with van der Waals surface area (Å²) in [5.41, 5.74) is 0.458. The first-order chi connectivity index (χ1) is 11.7. The lowest BCUT2D eigenvalue weighted by Gasteiger charge is -2.20. The molecule has 1 aliphatic heterocycles. The zero-order chi connectivity index (χ0) is 16.9. The van der Waals surface area contributed by atoms with Gasteiger partial charge in [0.25, 0.3) is 5.91 Å². The van der Waals surface area contributed by atoms with Crippen molar-refractivity contribution in [3.63, 3.8) is 0 Å². The summed E-state index contributed by atoms with van der Waals surface area (Å²) in [7, 11) is 0. The average Bonchev–Trinajstić information content (AvgIpc) is 3.04. The van der Waals surface area contributed by atoms with Gasteiger partial charge in [0.15, 0.2) is 5.13 Å². The topological polar surface area (TPSA) is 63.2 Å². The summed E-state index contributed by atoms with van der Waals surface area (Å²) >= 11 is 7.53. The van der Waals surface area contributed by atoms with Crippen LogP contribution in [0, 0.1) is 0 Å². The second kappa shape index (κ2) is 7.96. The van der Waals surface area contributed by atoms with Gasteiger partial charge in [-0.15, -0.1) is 11.3 Å². The van der Waals surface area contributed by atoms with Gasteiger partial charge in [0.1, 0.15) is 5.75 Å². The molecule has 1 aromatic carbocycles. The van der Waals surface area contributed by atoms with E-state index in [0.29, 0.717) is 34.0 Å². The number of piperidine rings is 1. The number of halogens is 1. The first-order valence-electron chi connectivity index (χ1n) is 8.07. The van der Waals surface area contributed by atoms with Crippen molar-refractivity contribution >= 4 is 34.0 Å². The Morgan fingerprint density at radius 2 is 2.25 bits per heavy atom. The Bertz CT molecular complexity index is 714. The van der Waals surface area contributed by atoms with Crippen LogP contribution in [0.5, 0.6) is 5.75 Å². The van der Waals surface area contributed by atoms with E-state index in [0.717, 1.165) is 25.9 Å². The molecular formula is C17H20ClN3O2S. The van der Waals surface area contributed by atoms with Crippen LogP contribution in [0.4, 0.5) is 5.13 Å². The van der Waals surface area contributed by atoms with Crippen molar-refractivity contribution in [1.82, 2.24) is 10.3 Å². The summed E-state index contributed by atoms with van der Waals surface area (Å²) in [5, 5.41) is 7.38. The molecule has 0 saturated carbocycles. The number of nitrogens with one attached hydrogen (secondary N) is 2. The molecule has 1 saturated heterocycles. The van der Waals surface area contributed by atoms with Gasteiger partial charge in [-0.25, -0.2) is 4.98 Å². The summed E-state index contributed by atoms with van der Waals surface area (Å²) in [6.45, 7) is 4.41. The molecule has 0 spiro atoms. The maximum atomic E-state index is 12.5. The third-order valence-corrected chi connectivity index (χ3v) is 5.28. The minimum Gasteiger partial charge on any atom is -0.493 e. The highest BCUT2D eigenvalue weighted by molar-refractivity contribution is 7.15. The number of anilines is 1. The summed E-state index contributed by atoms with van der Waals surface area (Å²) < 4.78 is 5.51. The van der Waals surface area contributed by atoms with E-state index < -0.39 is 0 Å². The lowest BCUT2D eigenvalue weighted by Crippen LogP contribution is -2.26. The largest absolute Gasteiger partial charge is 0.493 e. The fourth-order valence-electron chi connectivity index (χ4n) is 2.76. The Kier molecular flexibility index (Phi) is 5.71. The normalized spacial score (nSPS) is 15.2. The van der Waals surface area contributed by atoms with Crippen molar-refractivity contribution < 1.29 is 9.53 Å². The van der Waals surface area contributed by atoms with Crippen molar-refractivity contribution in [1.29, 1.82) is 0 Å². The SMILES string of the molecule is CCOc1cc(Cl)ccc1C(=O)Nc1ncc(C2CCNCC2)s1. The molecule has 0 bridgehead atoms. The molecule has 0 aliphatic carbocycles. The molecule has 24 heavy (non-hydrogen) atoms. The first kappa shape index (κ1) is 17.2. The predicted molar refractivity (Wildman–Crippen MR) is 97.5 cm³/mol. The quantitative estimate of drug-likeness (QED) is 0.843. The number of amides is 1. The molecule has 2 aromatic rings. The number of ether oxygens (including phenoxy) is 1. The van der Waals surface area contributed by atoms with Crippen molar-refractivity contribution in [2.45, 2.75) is 25.7 Å². The van der Waals surface area contributed by atoms with E-state index in [1.54, 1.807) is 29.5 Å². The van der Waals surface area contributed by atoms with E-state index in [-0.39, 0.29) is 5.91 Å². The summed E-state index contributed by atoms with van der Waals surface area (Å²) in [6.07, 6.45) is 4.10. The highest BCUT2D eigenvalue weighted by atomic mass is 35.5. The number of aromatic nitrogens is 1. The van der Waals surface area contributed by atoms with Gasteiger partial charge in [-0.1, -0.05) is 11.6 Å². The second-order valence-corrected chi connectivity index (χ2v) is 7.12. The number of thiazole rings is 1. The minimum absolute atomic E-state index is 0.235. The minimum atomic E-state index is -0.235. The van der Waals surface area contributed by atoms with Crippen LogP contribution >= 0.6 is 22.9 Å². The van der Waals surface area contributed by atoms with E-state index in [1.807, 2.05) is 13.1 Å². The van der Waals surface area contributed by atoms with Crippen LogP contribution in [-0.4, -0.2) is 30.6 Å². The zero-order valence-corrected chi connectivity index (χ0v) is 15.0. The Morgan fingerprint density at radius 1 is 1.46 bits per heavy atom. The average molecular weight is 366 g/mol. The molecule has 7 heteroatoms. The zero-order valence-electron chi connectivity index (χ0n) is 13.5. The molecule has 1 amide bonds. The molecule has 0 atom stereocenters. The Morgan fingerprint density at radius 3 is 3.00 bits per heavy atom. The first-order valence-corrected chi connectivity index (χ1v) is 9.27. The van der Waals surface area contributed by atoms with Crippen LogP contribution < -0.4 is 15.4 Å². The lowest BCUT2D eigenvalue weighted by molar-refractivity contribution is 0.102. The smallest absolute Gasteiger partial charge is 0.261 e. The van der Waals surface area contributed by atoms with Crippen LogP contribution in [0.2, 0.25) is 5.02 Å². The van der Waals surface area contributed by atoms with E-state index in [2.05, 4.69) is 15.6 Å². The number of carbonyl (C=O) groups is 1. The molecule has 1 aliphatic rings. The number of nitrogens with zero attached hydrogens (tertiary/aromatic N) is 1. The summed E-state index contributed by atoms with van der Waals surface area (Å²) in [4.78, 5) is 18.1. The Hall–Kier alpha value is -1.63. The van der Waals surface area contributed by atoms with E-state index in [9.17, 15) is 4.79 Å². The molecule has 2 heterocycles. The van der Waals surface area contributed by atoms with Gasteiger partial charge in [-0.3, -0.25) is 10.1 Å². The fraction of sp³-hybridized carbons (Fsp3) is 0.412. The third-order valence-electron chi connectivity index (χ3n) is 3.97. The van der Waals surface area contributed by atoms with Crippen LogP contribution in [-0.2, 0) is 0 Å². The molecule has 1 fully saturated rings. The van der Waals surface area contributed by atoms with E-state index in [4.69, 9.17) is 16.3 Å². The van der Waals surface area contributed by atoms with Crippen molar-refractivity contribution in [3.8, 4) is 5.75 Å². The highest BCUT2D eigenvalue weighted by Crippen LogP contribution is 2.32.